The van der Waals surface area contributed by atoms with Crippen LogP contribution in [-0.2, 0) is 16.8 Å². The summed E-state index contributed by atoms with van der Waals surface area (Å²) in [6, 6.07) is 14.4. The fourth-order valence-corrected chi connectivity index (χ4v) is 3.96. The lowest BCUT2D eigenvalue weighted by molar-refractivity contribution is -0.253. The molecule has 1 amide bonds. The van der Waals surface area contributed by atoms with E-state index in [0.717, 1.165) is 31.2 Å². The van der Waals surface area contributed by atoms with Crippen LogP contribution >= 0.6 is 0 Å². The maximum atomic E-state index is 15.6. The minimum absolute atomic E-state index is 0.0474. The number of carbonyl (C=O) groups excluding carboxylic acids is 1. The van der Waals surface area contributed by atoms with Crippen LogP contribution in [0.1, 0.15) is 30.0 Å². The molecule has 0 saturated carbocycles. The number of alkyl halides is 7. The molecule has 210 valence electrons. The van der Waals surface area contributed by atoms with E-state index in [1.165, 1.54) is 12.1 Å². The van der Waals surface area contributed by atoms with Gasteiger partial charge in [-0.3, -0.25) is 4.79 Å². The lowest BCUT2D eigenvalue weighted by Crippen LogP contribution is -2.50. The van der Waals surface area contributed by atoms with Crippen molar-refractivity contribution in [3.63, 3.8) is 0 Å². The Morgan fingerprint density at radius 3 is 2.05 bits per heavy atom. The molecule has 0 fully saturated rings. The Kier molecular flexibility index (Phi) is 8.87. The molecule has 39 heavy (non-hydrogen) atoms. The van der Waals surface area contributed by atoms with Gasteiger partial charge >= 0.3 is 18.7 Å². The minimum atomic E-state index is -4.94. The first-order valence-corrected chi connectivity index (χ1v) is 11.5. The molecule has 0 spiro atoms. The first-order chi connectivity index (χ1) is 18.1. The third-order valence-corrected chi connectivity index (χ3v) is 5.96. The third kappa shape index (κ3) is 7.24. The van der Waals surface area contributed by atoms with Crippen molar-refractivity contribution in [2.45, 2.75) is 44.0 Å². The predicted molar refractivity (Wildman–Crippen MR) is 123 cm³/mol. The van der Waals surface area contributed by atoms with E-state index < -0.39 is 65.4 Å². The van der Waals surface area contributed by atoms with Crippen molar-refractivity contribution in [3.8, 4) is 5.75 Å². The van der Waals surface area contributed by atoms with Crippen molar-refractivity contribution in [2.75, 3.05) is 0 Å². The van der Waals surface area contributed by atoms with Gasteiger partial charge in [-0.05, 0) is 35.4 Å². The fourth-order valence-electron chi connectivity index (χ4n) is 3.96. The van der Waals surface area contributed by atoms with Crippen molar-refractivity contribution in [1.82, 2.24) is 5.32 Å². The third-order valence-electron chi connectivity index (χ3n) is 5.96. The van der Waals surface area contributed by atoms with Crippen LogP contribution in [0, 0.1) is 17.6 Å². The van der Waals surface area contributed by atoms with Gasteiger partial charge in [0.25, 0.3) is 0 Å². The lowest BCUT2D eigenvalue weighted by atomic mass is 9.77. The highest BCUT2D eigenvalue weighted by atomic mass is 19.4. The summed E-state index contributed by atoms with van der Waals surface area (Å²) >= 11 is 0. The summed E-state index contributed by atoms with van der Waals surface area (Å²) in [4.78, 5) is 12.9. The van der Waals surface area contributed by atoms with Gasteiger partial charge in [-0.1, -0.05) is 49.4 Å². The Hall–Kier alpha value is -3.70. The molecule has 2 unspecified atom stereocenters. The summed E-state index contributed by atoms with van der Waals surface area (Å²) in [6.07, 6.45) is -15.2. The molecule has 1 N–H and O–H groups in total. The summed E-state index contributed by atoms with van der Waals surface area (Å²) in [7, 11) is 0. The topological polar surface area (TPSA) is 38.3 Å². The minimum Gasteiger partial charge on any atom is -0.428 e. The van der Waals surface area contributed by atoms with E-state index in [1.807, 2.05) is 0 Å². The number of nitrogens with one attached hydrogen (secondary N) is 1. The Balaban J connectivity index is 2.18. The van der Waals surface area contributed by atoms with Gasteiger partial charge in [-0.15, -0.1) is 0 Å². The zero-order valence-corrected chi connectivity index (χ0v) is 20.2. The van der Waals surface area contributed by atoms with E-state index in [9.17, 15) is 39.9 Å². The number of amides is 1. The number of hydrogen-bond donors (Lipinski definition) is 1. The van der Waals surface area contributed by atoms with Crippen molar-refractivity contribution >= 4 is 5.91 Å². The average molecular weight is 563 g/mol. The molecular weight excluding hydrogens is 541 g/mol. The van der Waals surface area contributed by atoms with Gasteiger partial charge in [-0.2, -0.15) is 30.7 Å². The molecule has 3 rings (SSSR count). The second-order valence-corrected chi connectivity index (χ2v) is 8.88. The van der Waals surface area contributed by atoms with Crippen LogP contribution in [0.3, 0.4) is 0 Å². The van der Waals surface area contributed by atoms with Crippen LogP contribution in [0.5, 0.6) is 5.75 Å². The SMILES string of the molecule is CC(CC(=O)NC(Cc1ccccc1)(c1ccc(F)cc1)c1ccc(OC(F)(F)C(F)F)cc1F)C(F)(F)F. The van der Waals surface area contributed by atoms with Gasteiger partial charge in [0.2, 0.25) is 5.91 Å². The quantitative estimate of drug-likeness (QED) is 0.261. The maximum Gasteiger partial charge on any atom is 0.461 e. The molecule has 0 radical (unpaired) electrons. The van der Waals surface area contributed by atoms with Crippen LogP contribution in [0.4, 0.5) is 39.5 Å². The smallest absolute Gasteiger partial charge is 0.428 e. The predicted octanol–water partition coefficient (Wildman–Crippen LogP) is 7.39. The molecule has 0 aromatic heterocycles. The number of benzene rings is 3. The Labute approximate surface area is 217 Å². The van der Waals surface area contributed by atoms with Crippen LogP contribution in [0.2, 0.25) is 0 Å². The summed E-state index contributed by atoms with van der Waals surface area (Å²) in [5.74, 6) is -6.18. The number of hydrogen-bond acceptors (Lipinski definition) is 2. The standard InChI is InChI=1S/C27H22F9NO2/c1-16(26(32,33)34)13-23(38)37-25(15-17-5-3-2-4-6-17,18-7-9-19(28)10-8-18)21-12-11-20(14-22(21)29)39-27(35,36)24(30)31/h2-12,14,16,24H,13,15H2,1H3,(H,37,38). The number of rotatable bonds is 10. The van der Waals surface area contributed by atoms with Gasteiger partial charge in [-0.25, -0.2) is 8.78 Å². The molecule has 0 saturated heterocycles. The van der Waals surface area contributed by atoms with Crippen LogP contribution in [0.15, 0.2) is 72.8 Å². The molecule has 3 aromatic carbocycles. The summed E-state index contributed by atoms with van der Waals surface area (Å²) in [5, 5.41) is 2.45. The molecule has 0 aliphatic carbocycles. The fraction of sp³-hybridized carbons (Fsp3) is 0.296. The lowest BCUT2D eigenvalue weighted by Gasteiger charge is -2.37. The summed E-state index contributed by atoms with van der Waals surface area (Å²) in [5.41, 5.74) is -1.88. The summed E-state index contributed by atoms with van der Waals surface area (Å²) < 4.78 is 125. The normalized spacial score (nSPS) is 14.5. The van der Waals surface area contributed by atoms with E-state index in [4.69, 9.17) is 0 Å². The molecule has 0 aliphatic heterocycles. The largest absolute Gasteiger partial charge is 0.461 e. The van der Waals surface area contributed by atoms with Crippen LogP contribution in [0.25, 0.3) is 0 Å². The average Bonchev–Trinajstić information content (AvgIpc) is 2.83. The number of ether oxygens (including phenoxy) is 1. The van der Waals surface area contributed by atoms with Gasteiger partial charge < -0.3 is 10.1 Å². The number of halogens is 9. The first-order valence-electron chi connectivity index (χ1n) is 11.5. The van der Waals surface area contributed by atoms with Crippen molar-refractivity contribution in [3.05, 3.63) is 101 Å². The van der Waals surface area contributed by atoms with Crippen molar-refractivity contribution < 1.29 is 49.0 Å². The van der Waals surface area contributed by atoms with Crippen LogP contribution < -0.4 is 10.1 Å². The molecule has 3 aromatic rings. The second kappa shape index (κ2) is 11.6. The van der Waals surface area contributed by atoms with Gasteiger partial charge in [0, 0.05) is 24.5 Å². The molecular formula is C27H22F9NO2. The molecule has 12 heteroatoms. The molecule has 0 aliphatic rings. The Bertz CT molecular complexity index is 1260. The molecule has 2 atom stereocenters. The Morgan fingerprint density at radius 1 is 0.897 bits per heavy atom. The molecule has 0 heterocycles. The highest BCUT2D eigenvalue weighted by Gasteiger charge is 2.45. The van der Waals surface area contributed by atoms with Gasteiger partial charge in [0.15, 0.2) is 0 Å². The van der Waals surface area contributed by atoms with Crippen molar-refractivity contribution in [1.29, 1.82) is 0 Å². The second-order valence-electron chi connectivity index (χ2n) is 8.88. The number of carbonyl (C=O) groups is 1. The van der Waals surface area contributed by atoms with E-state index in [1.54, 1.807) is 30.3 Å². The monoisotopic (exact) mass is 563 g/mol. The Morgan fingerprint density at radius 2 is 1.51 bits per heavy atom. The van der Waals surface area contributed by atoms with Crippen LogP contribution in [-0.4, -0.2) is 24.6 Å². The van der Waals surface area contributed by atoms with E-state index >= 15 is 4.39 Å². The highest BCUT2D eigenvalue weighted by molar-refractivity contribution is 5.78. The highest BCUT2D eigenvalue weighted by Crippen LogP contribution is 2.38. The summed E-state index contributed by atoms with van der Waals surface area (Å²) in [6.45, 7) is 0.784. The van der Waals surface area contributed by atoms with Gasteiger partial charge in [0.05, 0.1) is 11.5 Å². The molecule has 0 bridgehead atoms. The van der Waals surface area contributed by atoms with Gasteiger partial charge in [0.1, 0.15) is 17.4 Å². The zero-order valence-electron chi connectivity index (χ0n) is 20.2. The van der Waals surface area contributed by atoms with E-state index in [2.05, 4.69) is 10.1 Å². The van der Waals surface area contributed by atoms with E-state index in [0.29, 0.717) is 11.6 Å². The van der Waals surface area contributed by atoms with E-state index in [-0.39, 0.29) is 12.0 Å². The molecule has 3 nitrogen and oxygen atoms in total. The zero-order chi connectivity index (χ0) is 29.0. The first kappa shape index (κ1) is 29.9. The maximum absolute atomic E-state index is 15.6. The van der Waals surface area contributed by atoms with Crippen molar-refractivity contribution in [2.24, 2.45) is 5.92 Å².